The number of carbonyl (C=O) groups is 3. The molecule has 0 aromatic heterocycles. The van der Waals surface area contributed by atoms with Gasteiger partial charge < -0.3 is 25.6 Å². The van der Waals surface area contributed by atoms with Gasteiger partial charge in [0.15, 0.2) is 0 Å². The summed E-state index contributed by atoms with van der Waals surface area (Å²) in [5.41, 5.74) is 12.2. The molecule has 1 saturated heterocycles. The lowest BCUT2D eigenvalue weighted by molar-refractivity contribution is -0.135. The van der Waals surface area contributed by atoms with E-state index in [0.29, 0.717) is 12.2 Å². The van der Waals surface area contributed by atoms with Crippen LogP contribution in [-0.2, 0) is 14.3 Å². The predicted octanol–water partition coefficient (Wildman–Crippen LogP) is 4.13. The number of hydrogen-bond acceptors (Lipinski definition) is 5. The van der Waals surface area contributed by atoms with Gasteiger partial charge in [-0.25, -0.2) is 4.79 Å². The van der Waals surface area contributed by atoms with E-state index in [2.05, 4.69) is 29.6 Å². The molecule has 39 heavy (non-hydrogen) atoms. The number of fused-ring (bicyclic) bond motifs is 3. The number of ether oxygens (including phenoxy) is 1. The molecule has 3 N–H and O–H groups in total. The van der Waals surface area contributed by atoms with Crippen LogP contribution in [0.25, 0.3) is 11.1 Å². The van der Waals surface area contributed by atoms with Gasteiger partial charge in [0.2, 0.25) is 11.8 Å². The third-order valence-electron chi connectivity index (χ3n) is 7.51. The van der Waals surface area contributed by atoms with E-state index < -0.39 is 18.2 Å². The van der Waals surface area contributed by atoms with Crippen LogP contribution in [0.1, 0.15) is 36.0 Å². The summed E-state index contributed by atoms with van der Waals surface area (Å²) in [5.74, 6) is -0.507. The number of aryl methyl sites for hydroxylation is 1. The standard InChI is InChI=1S/C31H34N4O4/c1-20-11-13-22(14-12-20)33-29(36)17-23-18-34(30(37)21(2)32)15-16-35(23)31(38)39-19-28-26-9-5-3-7-24(26)25-8-4-6-10-27(25)28/h3-14,21,23,28H,15-19,32H2,1-2H3,(H,33,36)/t21-,23?/m0/s1. The van der Waals surface area contributed by atoms with Gasteiger partial charge in [-0.1, -0.05) is 66.2 Å². The Hall–Kier alpha value is -4.17. The Labute approximate surface area is 228 Å². The second-order valence-electron chi connectivity index (χ2n) is 10.3. The van der Waals surface area contributed by atoms with Crippen LogP contribution in [0.15, 0.2) is 72.8 Å². The highest BCUT2D eigenvalue weighted by Crippen LogP contribution is 2.44. The van der Waals surface area contributed by atoms with Crippen LogP contribution < -0.4 is 11.1 Å². The van der Waals surface area contributed by atoms with Gasteiger partial charge in [-0.05, 0) is 48.2 Å². The molecule has 8 nitrogen and oxygen atoms in total. The molecule has 0 bridgehead atoms. The van der Waals surface area contributed by atoms with E-state index in [1.807, 2.05) is 55.5 Å². The molecule has 2 atom stereocenters. The maximum Gasteiger partial charge on any atom is 0.410 e. The molecule has 202 valence electrons. The van der Waals surface area contributed by atoms with Crippen molar-refractivity contribution >= 4 is 23.6 Å². The minimum Gasteiger partial charge on any atom is -0.448 e. The Morgan fingerprint density at radius 3 is 2.18 bits per heavy atom. The number of nitrogens with zero attached hydrogens (tertiary/aromatic N) is 2. The normalized spacial score (nSPS) is 17.3. The highest BCUT2D eigenvalue weighted by atomic mass is 16.6. The van der Waals surface area contributed by atoms with Crippen molar-refractivity contribution in [2.45, 2.75) is 38.3 Å². The number of piperazine rings is 1. The van der Waals surface area contributed by atoms with Crippen molar-refractivity contribution in [3.63, 3.8) is 0 Å². The van der Waals surface area contributed by atoms with Crippen molar-refractivity contribution in [2.24, 2.45) is 5.73 Å². The first-order chi connectivity index (χ1) is 18.8. The molecule has 1 heterocycles. The summed E-state index contributed by atoms with van der Waals surface area (Å²) in [6.45, 7) is 4.61. The second-order valence-corrected chi connectivity index (χ2v) is 10.3. The number of nitrogens with two attached hydrogens (primary N) is 1. The molecule has 1 aliphatic carbocycles. The molecule has 0 saturated carbocycles. The Kier molecular flexibility index (Phi) is 7.65. The molecule has 5 rings (SSSR count). The molecule has 1 fully saturated rings. The quantitative estimate of drug-likeness (QED) is 0.503. The molecule has 1 unspecified atom stereocenters. The van der Waals surface area contributed by atoms with E-state index in [4.69, 9.17) is 10.5 Å². The van der Waals surface area contributed by atoms with Crippen molar-refractivity contribution in [3.05, 3.63) is 89.5 Å². The van der Waals surface area contributed by atoms with Crippen LogP contribution in [0.2, 0.25) is 0 Å². The number of rotatable bonds is 6. The average molecular weight is 527 g/mol. The summed E-state index contributed by atoms with van der Waals surface area (Å²) in [5, 5.41) is 2.90. The van der Waals surface area contributed by atoms with E-state index in [9.17, 15) is 14.4 Å². The van der Waals surface area contributed by atoms with Gasteiger partial charge >= 0.3 is 6.09 Å². The topological polar surface area (TPSA) is 105 Å². The fraction of sp³-hybridized carbons (Fsp3) is 0.323. The summed E-state index contributed by atoms with van der Waals surface area (Å²) in [6.07, 6.45) is -0.459. The average Bonchev–Trinajstić information content (AvgIpc) is 3.26. The van der Waals surface area contributed by atoms with Gasteiger partial charge in [-0.2, -0.15) is 0 Å². The van der Waals surface area contributed by atoms with Gasteiger partial charge in [0.25, 0.3) is 0 Å². The summed E-state index contributed by atoms with van der Waals surface area (Å²) < 4.78 is 5.89. The predicted molar refractivity (Wildman–Crippen MR) is 150 cm³/mol. The number of benzene rings is 3. The number of nitrogens with one attached hydrogen (secondary N) is 1. The Balaban J connectivity index is 1.30. The molecular formula is C31H34N4O4. The summed E-state index contributed by atoms with van der Waals surface area (Å²) in [6, 6.07) is 22.7. The Morgan fingerprint density at radius 2 is 1.56 bits per heavy atom. The molecule has 3 amide bonds. The maximum absolute atomic E-state index is 13.4. The minimum absolute atomic E-state index is 0.0286. The van der Waals surface area contributed by atoms with Crippen molar-refractivity contribution in [1.29, 1.82) is 0 Å². The molecule has 3 aromatic carbocycles. The van der Waals surface area contributed by atoms with Crippen molar-refractivity contribution in [3.8, 4) is 11.1 Å². The molecule has 2 aliphatic rings. The number of hydrogen-bond donors (Lipinski definition) is 2. The Bertz CT molecular complexity index is 1330. The van der Waals surface area contributed by atoms with Crippen LogP contribution >= 0.6 is 0 Å². The minimum atomic E-state index is -0.659. The van der Waals surface area contributed by atoms with Gasteiger partial charge in [0.05, 0.1) is 12.1 Å². The second kappa shape index (κ2) is 11.3. The van der Waals surface area contributed by atoms with E-state index in [0.717, 1.165) is 27.8 Å². The number of amides is 3. The molecule has 3 aromatic rings. The number of carbonyl (C=O) groups excluding carboxylic acids is 3. The fourth-order valence-electron chi connectivity index (χ4n) is 5.50. The highest BCUT2D eigenvalue weighted by Gasteiger charge is 2.36. The first-order valence-corrected chi connectivity index (χ1v) is 13.3. The Morgan fingerprint density at radius 1 is 0.949 bits per heavy atom. The van der Waals surface area contributed by atoms with Crippen molar-refractivity contribution < 1.29 is 19.1 Å². The van der Waals surface area contributed by atoms with Crippen LogP contribution in [-0.4, -0.2) is 66.0 Å². The van der Waals surface area contributed by atoms with E-state index in [-0.39, 0.29) is 43.8 Å². The molecule has 0 spiro atoms. The smallest absolute Gasteiger partial charge is 0.410 e. The van der Waals surface area contributed by atoms with E-state index in [1.54, 1.807) is 16.7 Å². The van der Waals surface area contributed by atoms with Gasteiger partial charge in [0, 0.05) is 37.7 Å². The third kappa shape index (κ3) is 5.66. The van der Waals surface area contributed by atoms with Crippen molar-refractivity contribution in [1.82, 2.24) is 9.80 Å². The van der Waals surface area contributed by atoms with Gasteiger partial charge in [0.1, 0.15) is 6.61 Å². The fourth-order valence-corrected chi connectivity index (χ4v) is 5.50. The van der Waals surface area contributed by atoms with Crippen LogP contribution in [0.5, 0.6) is 0 Å². The molecular weight excluding hydrogens is 492 g/mol. The first kappa shape index (κ1) is 26.4. The highest BCUT2D eigenvalue weighted by molar-refractivity contribution is 5.91. The zero-order valence-electron chi connectivity index (χ0n) is 22.3. The van der Waals surface area contributed by atoms with Gasteiger partial charge in [-0.3, -0.25) is 9.59 Å². The van der Waals surface area contributed by atoms with Crippen LogP contribution in [0.3, 0.4) is 0 Å². The summed E-state index contributed by atoms with van der Waals surface area (Å²) in [7, 11) is 0. The van der Waals surface area contributed by atoms with Crippen LogP contribution in [0.4, 0.5) is 10.5 Å². The number of anilines is 1. The summed E-state index contributed by atoms with van der Waals surface area (Å²) in [4.78, 5) is 42.2. The lowest BCUT2D eigenvalue weighted by atomic mass is 9.98. The maximum atomic E-state index is 13.4. The lowest BCUT2D eigenvalue weighted by Gasteiger charge is -2.41. The van der Waals surface area contributed by atoms with Crippen molar-refractivity contribution in [2.75, 3.05) is 31.6 Å². The molecule has 1 aliphatic heterocycles. The molecule has 0 radical (unpaired) electrons. The third-order valence-corrected chi connectivity index (χ3v) is 7.51. The van der Waals surface area contributed by atoms with Crippen LogP contribution in [0, 0.1) is 6.92 Å². The molecule has 8 heteroatoms. The zero-order chi connectivity index (χ0) is 27.5. The first-order valence-electron chi connectivity index (χ1n) is 13.3. The van der Waals surface area contributed by atoms with E-state index in [1.165, 1.54) is 0 Å². The SMILES string of the molecule is Cc1ccc(NC(=O)CC2CN(C(=O)[C@H](C)N)CCN2C(=O)OCC2c3ccccc3-c3ccccc32)cc1. The lowest BCUT2D eigenvalue weighted by Crippen LogP contribution is -2.59. The largest absolute Gasteiger partial charge is 0.448 e. The van der Waals surface area contributed by atoms with E-state index >= 15 is 0 Å². The summed E-state index contributed by atoms with van der Waals surface area (Å²) >= 11 is 0. The zero-order valence-corrected chi connectivity index (χ0v) is 22.3. The van der Waals surface area contributed by atoms with Gasteiger partial charge in [-0.15, -0.1) is 0 Å². The monoisotopic (exact) mass is 526 g/mol.